The molecule has 4 rings (SSSR count). The predicted molar refractivity (Wildman–Crippen MR) is 108 cm³/mol. The topological polar surface area (TPSA) is 49.0 Å². The Morgan fingerprint density at radius 3 is 2.96 bits per heavy atom. The minimum absolute atomic E-state index is 0.0149. The summed E-state index contributed by atoms with van der Waals surface area (Å²) in [6.45, 7) is 1.67. The molecule has 4 nitrogen and oxygen atoms in total. The molecule has 0 bridgehead atoms. The van der Waals surface area contributed by atoms with Crippen LogP contribution >= 0.6 is 11.8 Å². The van der Waals surface area contributed by atoms with Gasteiger partial charge in [0.15, 0.2) is 0 Å². The second-order valence-corrected chi connectivity index (χ2v) is 7.69. The summed E-state index contributed by atoms with van der Waals surface area (Å²) < 4.78 is 0. The van der Waals surface area contributed by atoms with Crippen molar-refractivity contribution in [2.24, 2.45) is 0 Å². The van der Waals surface area contributed by atoms with Gasteiger partial charge in [-0.05, 0) is 61.4 Å². The maximum Gasteiger partial charge on any atom is 0.252 e. The number of fused-ring (bicyclic) bond motifs is 1. The van der Waals surface area contributed by atoms with Crippen LogP contribution in [0.2, 0.25) is 0 Å². The van der Waals surface area contributed by atoms with Gasteiger partial charge in [0.1, 0.15) is 0 Å². The van der Waals surface area contributed by atoms with Crippen LogP contribution in [-0.2, 0) is 6.54 Å². The van der Waals surface area contributed by atoms with Gasteiger partial charge in [-0.3, -0.25) is 14.7 Å². The third kappa shape index (κ3) is 3.55. The molecule has 0 radical (unpaired) electrons. The Labute approximate surface area is 157 Å². The predicted octanol–water partition coefficient (Wildman–Crippen LogP) is 4.37. The lowest BCUT2D eigenvalue weighted by atomic mass is 9.98. The molecule has 3 aromatic rings. The number of piperidine rings is 1. The molecular weight excluding hydrogens is 342 g/mol. The van der Waals surface area contributed by atoms with E-state index >= 15 is 0 Å². The Kier molecular flexibility index (Phi) is 5.09. The average Bonchev–Trinajstić information content (AvgIpc) is 2.69. The van der Waals surface area contributed by atoms with Gasteiger partial charge in [0.25, 0.3) is 5.56 Å². The number of aromatic nitrogens is 2. The molecule has 1 fully saturated rings. The average molecular weight is 366 g/mol. The lowest BCUT2D eigenvalue weighted by Gasteiger charge is -2.35. The molecule has 0 spiro atoms. The fourth-order valence-corrected chi connectivity index (χ4v) is 4.22. The van der Waals surface area contributed by atoms with E-state index in [9.17, 15) is 4.79 Å². The molecule has 134 valence electrons. The lowest BCUT2D eigenvalue weighted by molar-refractivity contribution is 0.137. The largest absolute Gasteiger partial charge is 0.322 e. The van der Waals surface area contributed by atoms with Crippen LogP contribution in [0.15, 0.2) is 58.4 Å². The number of pyridine rings is 2. The highest BCUT2D eigenvalue weighted by molar-refractivity contribution is 7.98. The number of rotatable bonds is 4. The van der Waals surface area contributed by atoms with E-state index < -0.39 is 0 Å². The molecule has 5 heteroatoms. The Bertz CT molecular complexity index is 954. The van der Waals surface area contributed by atoms with Crippen molar-refractivity contribution in [3.05, 3.63) is 70.3 Å². The van der Waals surface area contributed by atoms with Gasteiger partial charge in [-0.1, -0.05) is 18.6 Å². The van der Waals surface area contributed by atoms with Gasteiger partial charge >= 0.3 is 0 Å². The number of nitrogens with one attached hydrogen (secondary N) is 1. The maximum absolute atomic E-state index is 12.6. The van der Waals surface area contributed by atoms with Crippen molar-refractivity contribution in [3.8, 4) is 0 Å². The van der Waals surface area contributed by atoms with E-state index in [1.54, 1.807) is 11.8 Å². The van der Waals surface area contributed by atoms with Crippen LogP contribution < -0.4 is 5.56 Å². The van der Waals surface area contributed by atoms with Gasteiger partial charge in [0.05, 0.1) is 11.7 Å². The van der Waals surface area contributed by atoms with Crippen LogP contribution in [0.3, 0.4) is 0 Å². The summed E-state index contributed by atoms with van der Waals surface area (Å²) in [5.41, 5.74) is 2.86. The van der Waals surface area contributed by atoms with E-state index in [0.29, 0.717) is 12.6 Å². The SMILES string of the molecule is CSc1ccc2cc(CN3CCCCC3c3ccccn3)c(=O)[nH]c2c1. The third-order valence-corrected chi connectivity index (χ3v) is 5.87. The van der Waals surface area contributed by atoms with Crippen LogP contribution in [0.4, 0.5) is 0 Å². The van der Waals surface area contributed by atoms with Crippen molar-refractivity contribution >= 4 is 22.7 Å². The zero-order valence-electron chi connectivity index (χ0n) is 14.9. The fourth-order valence-electron chi connectivity index (χ4n) is 3.78. The van der Waals surface area contributed by atoms with E-state index in [1.165, 1.54) is 12.8 Å². The molecule has 1 atom stereocenters. The highest BCUT2D eigenvalue weighted by Gasteiger charge is 2.25. The molecule has 0 amide bonds. The summed E-state index contributed by atoms with van der Waals surface area (Å²) in [6.07, 6.45) is 7.38. The van der Waals surface area contributed by atoms with Crippen LogP contribution in [0.1, 0.15) is 36.6 Å². The minimum Gasteiger partial charge on any atom is -0.322 e. The second kappa shape index (κ2) is 7.64. The first kappa shape index (κ1) is 17.3. The van der Waals surface area contributed by atoms with Gasteiger partial charge < -0.3 is 4.98 Å². The number of H-pyrrole nitrogens is 1. The number of hydrogen-bond donors (Lipinski definition) is 1. The van der Waals surface area contributed by atoms with Crippen molar-refractivity contribution in [3.63, 3.8) is 0 Å². The standard InChI is InChI=1S/C21H23N3OS/c1-26-17-9-8-15-12-16(21(25)23-19(15)13-17)14-24-11-5-3-7-20(24)18-6-2-4-10-22-18/h2,4,6,8-10,12-13,20H,3,5,7,11,14H2,1H3,(H,23,25). The summed E-state index contributed by atoms with van der Waals surface area (Å²) in [6, 6.07) is 14.7. The first-order valence-electron chi connectivity index (χ1n) is 9.09. The monoisotopic (exact) mass is 365 g/mol. The molecule has 1 unspecified atom stereocenters. The molecule has 0 aliphatic carbocycles. The van der Waals surface area contributed by atoms with E-state index in [4.69, 9.17) is 0 Å². The van der Waals surface area contributed by atoms with Crippen molar-refractivity contribution in [1.29, 1.82) is 0 Å². The lowest BCUT2D eigenvalue weighted by Crippen LogP contribution is -2.35. The summed E-state index contributed by atoms with van der Waals surface area (Å²) in [5, 5.41) is 1.09. The van der Waals surface area contributed by atoms with Gasteiger partial charge in [-0.2, -0.15) is 0 Å². The Hall–Kier alpha value is -2.11. The zero-order valence-corrected chi connectivity index (χ0v) is 15.8. The number of nitrogens with zero attached hydrogens (tertiary/aromatic N) is 2. The van der Waals surface area contributed by atoms with Gasteiger partial charge in [-0.15, -0.1) is 11.8 Å². The number of likely N-dealkylation sites (tertiary alicyclic amines) is 1. The van der Waals surface area contributed by atoms with Crippen LogP contribution in [0.25, 0.3) is 10.9 Å². The molecule has 3 heterocycles. The van der Waals surface area contributed by atoms with Gasteiger partial charge in [-0.25, -0.2) is 0 Å². The summed E-state index contributed by atoms with van der Waals surface area (Å²) in [5.74, 6) is 0. The molecular formula is C21H23N3OS. The Morgan fingerprint density at radius 1 is 1.23 bits per heavy atom. The first-order chi connectivity index (χ1) is 12.7. The van der Waals surface area contributed by atoms with Gasteiger partial charge in [0.2, 0.25) is 0 Å². The molecule has 26 heavy (non-hydrogen) atoms. The smallest absolute Gasteiger partial charge is 0.252 e. The van der Waals surface area contributed by atoms with Crippen molar-refractivity contribution in [2.45, 2.75) is 36.7 Å². The van der Waals surface area contributed by atoms with Crippen molar-refractivity contribution < 1.29 is 0 Å². The van der Waals surface area contributed by atoms with Crippen LogP contribution in [0, 0.1) is 0 Å². The molecule has 1 N–H and O–H groups in total. The summed E-state index contributed by atoms with van der Waals surface area (Å²) in [4.78, 5) is 23.8. The van der Waals surface area contributed by atoms with Crippen LogP contribution in [-0.4, -0.2) is 27.7 Å². The first-order valence-corrected chi connectivity index (χ1v) is 10.3. The number of aromatic amines is 1. The van der Waals surface area contributed by atoms with E-state index in [0.717, 1.165) is 40.0 Å². The molecule has 1 aromatic carbocycles. The molecule has 1 aliphatic rings. The Balaban J connectivity index is 1.64. The molecule has 1 saturated heterocycles. The van der Waals surface area contributed by atoms with Crippen molar-refractivity contribution in [1.82, 2.24) is 14.9 Å². The van der Waals surface area contributed by atoms with Crippen molar-refractivity contribution in [2.75, 3.05) is 12.8 Å². The van der Waals surface area contributed by atoms with E-state index in [2.05, 4.69) is 33.1 Å². The number of hydrogen-bond acceptors (Lipinski definition) is 4. The van der Waals surface area contributed by atoms with Gasteiger partial charge in [0, 0.05) is 28.7 Å². The minimum atomic E-state index is 0.0149. The molecule has 0 saturated carbocycles. The highest BCUT2D eigenvalue weighted by atomic mass is 32.2. The molecule has 2 aromatic heterocycles. The van der Waals surface area contributed by atoms with E-state index in [1.807, 2.05) is 36.7 Å². The zero-order chi connectivity index (χ0) is 17.9. The maximum atomic E-state index is 12.6. The summed E-state index contributed by atoms with van der Waals surface area (Å²) in [7, 11) is 0. The quantitative estimate of drug-likeness (QED) is 0.698. The molecule has 1 aliphatic heterocycles. The summed E-state index contributed by atoms with van der Waals surface area (Å²) >= 11 is 1.68. The third-order valence-electron chi connectivity index (χ3n) is 5.15. The van der Waals surface area contributed by atoms with E-state index in [-0.39, 0.29) is 5.56 Å². The Morgan fingerprint density at radius 2 is 2.15 bits per heavy atom. The second-order valence-electron chi connectivity index (χ2n) is 6.81. The van der Waals surface area contributed by atoms with Crippen LogP contribution in [0.5, 0.6) is 0 Å². The normalized spacial score (nSPS) is 18.3. The number of thioether (sulfide) groups is 1. The highest BCUT2D eigenvalue weighted by Crippen LogP contribution is 2.31. The number of benzene rings is 1. The fraction of sp³-hybridized carbons (Fsp3) is 0.333.